The molecule has 1 atom stereocenters. The second-order valence-corrected chi connectivity index (χ2v) is 3.39. The second kappa shape index (κ2) is 5.57. The molecule has 0 fully saturated rings. The summed E-state index contributed by atoms with van der Waals surface area (Å²) in [7, 11) is 0. The van der Waals surface area contributed by atoms with Crippen molar-refractivity contribution >= 4 is 28.3 Å². The third-order valence-electron chi connectivity index (χ3n) is 1.74. The standard InChI is InChI=1S/C9H12BrN.ClH/c1-2-9(11)7-5-3-4-6-8(7)10;/h3-6,9H,2,11H2,1H3;1H. The molecule has 68 valence electrons. The smallest absolute Gasteiger partial charge is 0.0303 e. The van der Waals surface area contributed by atoms with E-state index in [1.165, 1.54) is 5.56 Å². The Hall–Kier alpha value is -0.0500. The van der Waals surface area contributed by atoms with Gasteiger partial charge in [0.15, 0.2) is 0 Å². The number of nitrogens with two attached hydrogens (primary N) is 1. The van der Waals surface area contributed by atoms with Crippen molar-refractivity contribution in [3.8, 4) is 0 Å². The molecule has 0 saturated heterocycles. The van der Waals surface area contributed by atoms with Crippen molar-refractivity contribution < 1.29 is 0 Å². The summed E-state index contributed by atoms with van der Waals surface area (Å²) in [5.74, 6) is 0. The lowest BCUT2D eigenvalue weighted by molar-refractivity contribution is 0.695. The summed E-state index contributed by atoms with van der Waals surface area (Å²) in [6.45, 7) is 2.09. The zero-order valence-corrected chi connectivity index (χ0v) is 9.36. The minimum absolute atomic E-state index is 0. The van der Waals surface area contributed by atoms with Crippen LogP contribution in [0.3, 0.4) is 0 Å². The Morgan fingerprint density at radius 1 is 1.42 bits per heavy atom. The van der Waals surface area contributed by atoms with Crippen LogP contribution in [-0.4, -0.2) is 0 Å². The first-order chi connectivity index (χ1) is 5.25. The molecule has 2 N–H and O–H groups in total. The molecule has 0 aliphatic carbocycles. The zero-order chi connectivity index (χ0) is 8.27. The molecule has 1 aromatic rings. The van der Waals surface area contributed by atoms with Crippen molar-refractivity contribution in [3.05, 3.63) is 34.3 Å². The van der Waals surface area contributed by atoms with Crippen LogP contribution in [0.1, 0.15) is 24.9 Å². The quantitative estimate of drug-likeness (QED) is 0.856. The van der Waals surface area contributed by atoms with Crippen molar-refractivity contribution in [2.24, 2.45) is 5.73 Å². The van der Waals surface area contributed by atoms with Crippen LogP contribution in [0.4, 0.5) is 0 Å². The highest BCUT2D eigenvalue weighted by molar-refractivity contribution is 9.10. The van der Waals surface area contributed by atoms with Crippen LogP contribution in [0, 0.1) is 0 Å². The number of benzene rings is 1. The summed E-state index contributed by atoms with van der Waals surface area (Å²) in [5.41, 5.74) is 7.05. The number of hydrogen-bond acceptors (Lipinski definition) is 1. The summed E-state index contributed by atoms with van der Waals surface area (Å²) in [5, 5.41) is 0. The van der Waals surface area contributed by atoms with Gasteiger partial charge in [0.1, 0.15) is 0 Å². The van der Waals surface area contributed by atoms with Gasteiger partial charge in [0.25, 0.3) is 0 Å². The molecule has 3 heteroatoms. The number of halogens is 2. The van der Waals surface area contributed by atoms with Gasteiger partial charge >= 0.3 is 0 Å². The van der Waals surface area contributed by atoms with Crippen molar-refractivity contribution in [2.45, 2.75) is 19.4 Å². The molecule has 0 heterocycles. The van der Waals surface area contributed by atoms with Gasteiger partial charge in [-0.3, -0.25) is 0 Å². The molecule has 0 bridgehead atoms. The minimum atomic E-state index is 0. The van der Waals surface area contributed by atoms with E-state index < -0.39 is 0 Å². The minimum Gasteiger partial charge on any atom is -0.324 e. The summed E-state index contributed by atoms with van der Waals surface area (Å²) < 4.78 is 1.11. The SMILES string of the molecule is CCC(N)c1ccccc1Br.Cl. The van der Waals surface area contributed by atoms with E-state index in [0.717, 1.165) is 10.9 Å². The van der Waals surface area contributed by atoms with Crippen LogP contribution >= 0.6 is 28.3 Å². The Bertz CT molecular complexity index is 240. The van der Waals surface area contributed by atoms with Gasteiger partial charge < -0.3 is 5.73 Å². The molecule has 0 aromatic heterocycles. The molecule has 1 aromatic carbocycles. The van der Waals surface area contributed by atoms with Crippen molar-refractivity contribution in [1.29, 1.82) is 0 Å². The lowest BCUT2D eigenvalue weighted by atomic mass is 10.1. The Labute approximate surface area is 87.9 Å². The predicted octanol–water partition coefficient (Wildman–Crippen LogP) is 3.28. The second-order valence-electron chi connectivity index (χ2n) is 2.54. The molecule has 0 aliphatic rings. The van der Waals surface area contributed by atoms with E-state index in [1.54, 1.807) is 0 Å². The van der Waals surface area contributed by atoms with Gasteiger partial charge in [-0.1, -0.05) is 41.1 Å². The maximum absolute atomic E-state index is 5.87. The largest absolute Gasteiger partial charge is 0.324 e. The monoisotopic (exact) mass is 249 g/mol. The summed E-state index contributed by atoms with van der Waals surface area (Å²) in [6, 6.07) is 8.24. The molecule has 0 aliphatic heterocycles. The lowest BCUT2D eigenvalue weighted by Gasteiger charge is -2.10. The van der Waals surface area contributed by atoms with Crippen LogP contribution in [-0.2, 0) is 0 Å². The topological polar surface area (TPSA) is 26.0 Å². The van der Waals surface area contributed by atoms with E-state index >= 15 is 0 Å². The van der Waals surface area contributed by atoms with Gasteiger partial charge in [-0.2, -0.15) is 0 Å². The van der Waals surface area contributed by atoms with E-state index in [9.17, 15) is 0 Å². The van der Waals surface area contributed by atoms with Gasteiger partial charge in [-0.15, -0.1) is 12.4 Å². The molecule has 0 amide bonds. The molecule has 12 heavy (non-hydrogen) atoms. The van der Waals surface area contributed by atoms with E-state index in [-0.39, 0.29) is 18.4 Å². The third kappa shape index (κ3) is 2.77. The van der Waals surface area contributed by atoms with Gasteiger partial charge in [-0.05, 0) is 18.1 Å². The van der Waals surface area contributed by atoms with Crippen molar-refractivity contribution in [3.63, 3.8) is 0 Å². The highest BCUT2D eigenvalue weighted by atomic mass is 79.9. The predicted molar refractivity (Wildman–Crippen MR) is 58.6 cm³/mol. The maximum atomic E-state index is 5.87. The van der Waals surface area contributed by atoms with Crippen molar-refractivity contribution in [2.75, 3.05) is 0 Å². The molecular formula is C9H13BrClN. The highest BCUT2D eigenvalue weighted by Crippen LogP contribution is 2.22. The zero-order valence-electron chi connectivity index (χ0n) is 6.96. The average Bonchev–Trinajstić information content (AvgIpc) is 2.04. The fraction of sp³-hybridized carbons (Fsp3) is 0.333. The first-order valence-corrected chi connectivity index (χ1v) is 4.55. The third-order valence-corrected chi connectivity index (χ3v) is 2.47. The normalized spacial score (nSPS) is 11.9. The first-order valence-electron chi connectivity index (χ1n) is 3.75. The molecule has 0 spiro atoms. The number of hydrogen-bond donors (Lipinski definition) is 1. The Morgan fingerprint density at radius 3 is 2.50 bits per heavy atom. The molecular weight excluding hydrogens is 237 g/mol. The summed E-state index contributed by atoms with van der Waals surface area (Å²) in [4.78, 5) is 0. The number of rotatable bonds is 2. The first kappa shape index (κ1) is 11.9. The van der Waals surface area contributed by atoms with Crippen LogP contribution < -0.4 is 5.73 Å². The van der Waals surface area contributed by atoms with Crippen LogP contribution in [0.2, 0.25) is 0 Å². The van der Waals surface area contributed by atoms with E-state index in [2.05, 4.69) is 28.9 Å². The summed E-state index contributed by atoms with van der Waals surface area (Å²) in [6.07, 6.45) is 0.975. The Morgan fingerprint density at radius 2 is 2.00 bits per heavy atom. The van der Waals surface area contributed by atoms with E-state index in [1.807, 2.05) is 18.2 Å². The fourth-order valence-electron chi connectivity index (χ4n) is 0.996. The van der Waals surface area contributed by atoms with Crippen molar-refractivity contribution in [1.82, 2.24) is 0 Å². The highest BCUT2D eigenvalue weighted by Gasteiger charge is 2.05. The molecule has 1 nitrogen and oxygen atoms in total. The van der Waals surface area contributed by atoms with Crippen LogP contribution in [0.5, 0.6) is 0 Å². The summed E-state index contributed by atoms with van der Waals surface area (Å²) >= 11 is 3.46. The van der Waals surface area contributed by atoms with Gasteiger partial charge in [0.05, 0.1) is 0 Å². The maximum Gasteiger partial charge on any atom is 0.0303 e. The van der Waals surface area contributed by atoms with E-state index in [4.69, 9.17) is 5.73 Å². The Kier molecular flexibility index (Phi) is 5.55. The average molecular weight is 251 g/mol. The molecule has 0 radical (unpaired) electrons. The van der Waals surface area contributed by atoms with Gasteiger partial charge in [-0.25, -0.2) is 0 Å². The molecule has 1 rings (SSSR count). The van der Waals surface area contributed by atoms with Gasteiger partial charge in [0, 0.05) is 10.5 Å². The Balaban J connectivity index is 0.00000121. The molecule has 1 unspecified atom stereocenters. The van der Waals surface area contributed by atoms with Gasteiger partial charge in [0.2, 0.25) is 0 Å². The lowest BCUT2D eigenvalue weighted by Crippen LogP contribution is -2.08. The fourth-order valence-corrected chi connectivity index (χ4v) is 1.57. The van der Waals surface area contributed by atoms with Crippen LogP contribution in [0.15, 0.2) is 28.7 Å². The van der Waals surface area contributed by atoms with Crippen LogP contribution in [0.25, 0.3) is 0 Å². The molecule has 0 saturated carbocycles. The van der Waals surface area contributed by atoms with E-state index in [0.29, 0.717) is 0 Å².